The molecule has 2 nitrogen and oxygen atoms in total. The molecule has 1 aliphatic heterocycles. The van der Waals surface area contributed by atoms with Gasteiger partial charge in [0, 0.05) is 6.04 Å². The van der Waals surface area contributed by atoms with Crippen molar-refractivity contribution in [3.05, 3.63) is 0 Å². The van der Waals surface area contributed by atoms with Gasteiger partial charge < -0.3 is 10.2 Å². The van der Waals surface area contributed by atoms with Crippen LogP contribution >= 0.6 is 0 Å². The third kappa shape index (κ3) is 3.11. The van der Waals surface area contributed by atoms with Crippen molar-refractivity contribution in [1.29, 1.82) is 0 Å². The van der Waals surface area contributed by atoms with Crippen LogP contribution in [0.2, 0.25) is 0 Å². The van der Waals surface area contributed by atoms with E-state index in [1.54, 1.807) is 0 Å². The number of nitrogens with zero attached hydrogens (tertiary/aromatic N) is 1. The zero-order valence-electron chi connectivity index (χ0n) is 8.47. The molecule has 0 spiro atoms. The highest BCUT2D eigenvalue weighted by Gasteiger charge is 2.16. The molecule has 0 atom stereocenters. The summed E-state index contributed by atoms with van der Waals surface area (Å²) in [5.41, 5.74) is 0. The second kappa shape index (κ2) is 5.55. The van der Waals surface area contributed by atoms with Crippen LogP contribution in [0.25, 0.3) is 0 Å². The van der Waals surface area contributed by atoms with Crippen molar-refractivity contribution in [2.24, 2.45) is 0 Å². The predicted octanol–water partition coefficient (Wildman–Crippen LogP) is 1.47. The summed E-state index contributed by atoms with van der Waals surface area (Å²) in [7, 11) is 0. The molecule has 1 N–H and O–H groups in total. The molecule has 1 saturated heterocycles. The number of piperidine rings is 1. The van der Waals surface area contributed by atoms with Gasteiger partial charge in [0.1, 0.15) is 0 Å². The van der Waals surface area contributed by atoms with Crippen molar-refractivity contribution in [2.45, 2.75) is 39.2 Å². The summed E-state index contributed by atoms with van der Waals surface area (Å²) in [6.07, 6.45) is 3.94. The van der Waals surface area contributed by atoms with E-state index in [9.17, 15) is 0 Å². The minimum absolute atomic E-state index is 0.799. The Morgan fingerprint density at radius 1 is 1.25 bits per heavy atom. The Kier molecular flexibility index (Phi) is 4.62. The predicted molar refractivity (Wildman–Crippen MR) is 53.4 cm³/mol. The molecule has 0 aromatic carbocycles. The second-order valence-electron chi connectivity index (χ2n) is 3.66. The third-order valence-electron chi connectivity index (χ3n) is 2.72. The zero-order chi connectivity index (χ0) is 8.81. The van der Waals surface area contributed by atoms with E-state index in [1.807, 2.05) is 0 Å². The van der Waals surface area contributed by atoms with Crippen LogP contribution in [0.5, 0.6) is 0 Å². The van der Waals surface area contributed by atoms with Crippen molar-refractivity contribution in [3.8, 4) is 0 Å². The minimum atomic E-state index is 0.799. The molecule has 0 aliphatic carbocycles. The summed E-state index contributed by atoms with van der Waals surface area (Å²) >= 11 is 0. The summed E-state index contributed by atoms with van der Waals surface area (Å²) < 4.78 is 0. The summed E-state index contributed by atoms with van der Waals surface area (Å²) in [5, 5.41) is 3.59. The molecule has 1 fully saturated rings. The lowest BCUT2D eigenvalue weighted by molar-refractivity contribution is 0.207. The minimum Gasteiger partial charge on any atom is -0.314 e. The van der Waals surface area contributed by atoms with Crippen molar-refractivity contribution < 1.29 is 0 Å². The quantitative estimate of drug-likeness (QED) is 0.687. The molecule has 0 radical (unpaired) electrons. The Morgan fingerprint density at radius 3 is 2.42 bits per heavy atom. The first-order chi connectivity index (χ1) is 5.86. The highest BCUT2D eigenvalue weighted by atomic mass is 15.1. The maximum Gasteiger partial charge on any atom is 0.00914 e. The summed E-state index contributed by atoms with van der Waals surface area (Å²) in [6, 6.07) is 0.799. The number of hydrogen-bond donors (Lipinski definition) is 1. The number of likely N-dealkylation sites (tertiary alicyclic amines) is 1. The normalized spacial score (nSPS) is 21.5. The Hall–Kier alpha value is -0.0800. The average Bonchev–Trinajstić information content (AvgIpc) is 2.15. The van der Waals surface area contributed by atoms with E-state index < -0.39 is 0 Å². The first-order valence-corrected chi connectivity index (χ1v) is 5.32. The maximum absolute atomic E-state index is 3.59. The van der Waals surface area contributed by atoms with Crippen LogP contribution in [-0.2, 0) is 0 Å². The van der Waals surface area contributed by atoms with E-state index in [2.05, 4.69) is 24.1 Å². The van der Waals surface area contributed by atoms with Gasteiger partial charge >= 0.3 is 0 Å². The summed E-state index contributed by atoms with van der Waals surface area (Å²) in [4.78, 5) is 2.53. The second-order valence-corrected chi connectivity index (χ2v) is 3.66. The van der Waals surface area contributed by atoms with Crippen molar-refractivity contribution >= 4 is 0 Å². The molecule has 1 heterocycles. The van der Waals surface area contributed by atoms with Crippen molar-refractivity contribution in [2.75, 3.05) is 26.2 Å². The SMILES string of the molecule is CCCNC1CCN(CC)CC1. The van der Waals surface area contributed by atoms with E-state index in [0.717, 1.165) is 6.04 Å². The van der Waals surface area contributed by atoms with E-state index >= 15 is 0 Å². The first-order valence-electron chi connectivity index (χ1n) is 5.32. The van der Waals surface area contributed by atoms with E-state index in [1.165, 1.54) is 45.4 Å². The van der Waals surface area contributed by atoms with E-state index in [4.69, 9.17) is 0 Å². The molecule has 2 heteroatoms. The molecule has 0 unspecified atom stereocenters. The van der Waals surface area contributed by atoms with Gasteiger partial charge in [0.2, 0.25) is 0 Å². The molecule has 0 amide bonds. The van der Waals surface area contributed by atoms with Gasteiger partial charge in [-0.25, -0.2) is 0 Å². The number of hydrogen-bond acceptors (Lipinski definition) is 2. The van der Waals surface area contributed by atoms with E-state index in [-0.39, 0.29) is 0 Å². The van der Waals surface area contributed by atoms with Crippen LogP contribution in [0.1, 0.15) is 33.1 Å². The topological polar surface area (TPSA) is 15.3 Å². The zero-order valence-corrected chi connectivity index (χ0v) is 8.47. The molecular weight excluding hydrogens is 148 g/mol. The van der Waals surface area contributed by atoms with Gasteiger partial charge in [0.15, 0.2) is 0 Å². The number of nitrogens with one attached hydrogen (secondary N) is 1. The van der Waals surface area contributed by atoms with Crippen molar-refractivity contribution in [3.63, 3.8) is 0 Å². The first kappa shape index (κ1) is 10.0. The lowest BCUT2D eigenvalue weighted by Gasteiger charge is -2.31. The van der Waals surface area contributed by atoms with Crippen molar-refractivity contribution in [1.82, 2.24) is 10.2 Å². The molecule has 0 aromatic heterocycles. The third-order valence-corrected chi connectivity index (χ3v) is 2.72. The molecule has 12 heavy (non-hydrogen) atoms. The molecule has 72 valence electrons. The molecule has 0 saturated carbocycles. The van der Waals surface area contributed by atoms with E-state index in [0.29, 0.717) is 0 Å². The van der Waals surface area contributed by atoms with Gasteiger partial charge in [-0.15, -0.1) is 0 Å². The van der Waals surface area contributed by atoms with Gasteiger partial charge in [-0.05, 0) is 45.4 Å². The Morgan fingerprint density at radius 2 is 1.92 bits per heavy atom. The summed E-state index contributed by atoms with van der Waals surface area (Å²) in [6.45, 7) is 9.47. The van der Waals surface area contributed by atoms with Crippen LogP contribution in [0.4, 0.5) is 0 Å². The fraction of sp³-hybridized carbons (Fsp3) is 1.00. The van der Waals surface area contributed by atoms with Crippen LogP contribution in [-0.4, -0.2) is 37.1 Å². The summed E-state index contributed by atoms with van der Waals surface area (Å²) in [5.74, 6) is 0. The number of rotatable bonds is 4. The van der Waals surface area contributed by atoms with Gasteiger partial charge in [0.05, 0.1) is 0 Å². The fourth-order valence-corrected chi connectivity index (χ4v) is 1.80. The molecular formula is C10H22N2. The van der Waals surface area contributed by atoms with Gasteiger partial charge in [0.25, 0.3) is 0 Å². The standard InChI is InChI=1S/C10H22N2/c1-3-7-11-10-5-8-12(4-2)9-6-10/h10-11H,3-9H2,1-2H3. The Balaban J connectivity index is 2.09. The van der Waals surface area contributed by atoms with Gasteiger partial charge in [-0.1, -0.05) is 13.8 Å². The molecule has 0 bridgehead atoms. The van der Waals surface area contributed by atoms with Crippen LogP contribution in [0.15, 0.2) is 0 Å². The van der Waals surface area contributed by atoms with Crippen LogP contribution < -0.4 is 5.32 Å². The fourth-order valence-electron chi connectivity index (χ4n) is 1.80. The lowest BCUT2D eigenvalue weighted by Crippen LogP contribution is -2.42. The molecule has 1 rings (SSSR count). The molecule has 0 aromatic rings. The highest BCUT2D eigenvalue weighted by molar-refractivity contribution is 4.75. The Bertz CT molecular complexity index is 106. The lowest BCUT2D eigenvalue weighted by atomic mass is 10.1. The average molecular weight is 170 g/mol. The van der Waals surface area contributed by atoms with Gasteiger partial charge in [-0.3, -0.25) is 0 Å². The Labute approximate surface area is 76.3 Å². The van der Waals surface area contributed by atoms with Crippen LogP contribution in [0, 0.1) is 0 Å². The largest absolute Gasteiger partial charge is 0.314 e. The van der Waals surface area contributed by atoms with Gasteiger partial charge in [-0.2, -0.15) is 0 Å². The molecule has 1 aliphatic rings. The maximum atomic E-state index is 3.59. The highest BCUT2D eigenvalue weighted by Crippen LogP contribution is 2.09. The monoisotopic (exact) mass is 170 g/mol. The van der Waals surface area contributed by atoms with Crippen LogP contribution in [0.3, 0.4) is 0 Å². The smallest absolute Gasteiger partial charge is 0.00914 e.